The second kappa shape index (κ2) is 4.11. The third-order valence-electron chi connectivity index (χ3n) is 2.34. The van der Waals surface area contributed by atoms with Gasteiger partial charge in [0.1, 0.15) is 0 Å². The Labute approximate surface area is 87.2 Å². The van der Waals surface area contributed by atoms with Gasteiger partial charge in [-0.05, 0) is 24.4 Å². The van der Waals surface area contributed by atoms with E-state index in [0.717, 1.165) is 19.3 Å². The number of aliphatic hydroxyl groups is 1. The number of hydrogen-bond acceptors (Lipinski definition) is 4. The summed E-state index contributed by atoms with van der Waals surface area (Å²) in [5.41, 5.74) is 1.31. The van der Waals surface area contributed by atoms with Gasteiger partial charge in [0.25, 0.3) is 0 Å². The van der Waals surface area contributed by atoms with Gasteiger partial charge >= 0.3 is 0 Å². The van der Waals surface area contributed by atoms with Crippen LogP contribution in [0.3, 0.4) is 0 Å². The summed E-state index contributed by atoms with van der Waals surface area (Å²) in [6.07, 6.45) is 4.48. The van der Waals surface area contributed by atoms with E-state index in [9.17, 15) is 5.11 Å². The summed E-state index contributed by atoms with van der Waals surface area (Å²) < 4.78 is 9.14. The fourth-order valence-corrected chi connectivity index (χ4v) is 2.35. The van der Waals surface area contributed by atoms with Crippen molar-refractivity contribution in [1.29, 1.82) is 0 Å². The molecule has 1 atom stereocenters. The van der Waals surface area contributed by atoms with Gasteiger partial charge in [-0.3, -0.25) is 0 Å². The van der Waals surface area contributed by atoms with Gasteiger partial charge in [-0.15, -0.1) is 0 Å². The van der Waals surface area contributed by atoms with E-state index >= 15 is 0 Å². The minimum Gasteiger partial charge on any atom is -0.480 e. The average molecular weight is 211 g/mol. The zero-order valence-corrected chi connectivity index (χ0v) is 8.88. The summed E-state index contributed by atoms with van der Waals surface area (Å²) in [4.78, 5) is 1.20. The first-order chi connectivity index (χ1) is 6.78. The van der Waals surface area contributed by atoms with Gasteiger partial charge in [-0.2, -0.15) is 4.37 Å². The molecule has 3 nitrogen and oxygen atoms in total. The van der Waals surface area contributed by atoms with Gasteiger partial charge in [-0.25, -0.2) is 0 Å². The zero-order valence-electron chi connectivity index (χ0n) is 8.06. The molecular weight excluding hydrogens is 198 g/mol. The summed E-state index contributed by atoms with van der Waals surface area (Å²) in [6.45, 7) is 0. The van der Waals surface area contributed by atoms with E-state index in [0.29, 0.717) is 5.88 Å². The van der Waals surface area contributed by atoms with E-state index in [2.05, 4.69) is 4.37 Å². The maximum atomic E-state index is 9.32. The van der Waals surface area contributed by atoms with Crippen molar-refractivity contribution in [3.05, 3.63) is 22.6 Å². The highest BCUT2D eigenvalue weighted by Crippen LogP contribution is 2.25. The van der Waals surface area contributed by atoms with E-state index < -0.39 is 0 Å². The molecule has 1 unspecified atom stereocenters. The molecule has 4 heteroatoms. The van der Waals surface area contributed by atoms with E-state index in [1.807, 2.05) is 12.1 Å². The Kier molecular flexibility index (Phi) is 2.84. The van der Waals surface area contributed by atoms with Gasteiger partial charge in [0.05, 0.1) is 13.2 Å². The molecule has 0 saturated heterocycles. The number of methoxy groups -OCH3 is 1. The number of aliphatic hydroxyl groups excluding tert-OH is 1. The first-order valence-electron chi connectivity index (χ1n) is 4.65. The van der Waals surface area contributed by atoms with Gasteiger partial charge in [0.2, 0.25) is 5.88 Å². The molecule has 0 bridgehead atoms. The third kappa shape index (κ3) is 2.13. The second-order valence-electron chi connectivity index (χ2n) is 3.44. The van der Waals surface area contributed by atoms with Crippen LogP contribution in [0.4, 0.5) is 0 Å². The van der Waals surface area contributed by atoms with Gasteiger partial charge < -0.3 is 9.84 Å². The molecule has 76 valence electrons. The third-order valence-corrected chi connectivity index (χ3v) is 3.11. The monoisotopic (exact) mass is 211 g/mol. The molecule has 1 aromatic heterocycles. The van der Waals surface area contributed by atoms with Crippen LogP contribution in [0.15, 0.2) is 17.7 Å². The van der Waals surface area contributed by atoms with Crippen molar-refractivity contribution in [1.82, 2.24) is 4.37 Å². The van der Waals surface area contributed by atoms with Gasteiger partial charge in [0.15, 0.2) is 0 Å². The molecule has 0 amide bonds. The van der Waals surface area contributed by atoms with Crippen LogP contribution in [0.5, 0.6) is 5.88 Å². The standard InChI is InChI=1S/C10H13NO2S/c1-13-10-6-9(14-11-10)5-7-2-3-8(12)4-7/h4,6,8,12H,2-3,5H2,1H3. The lowest BCUT2D eigenvalue weighted by Gasteiger charge is -1.95. The van der Waals surface area contributed by atoms with Gasteiger partial charge in [0, 0.05) is 17.4 Å². The summed E-state index contributed by atoms with van der Waals surface area (Å²) in [5.74, 6) is 0.684. The highest BCUT2D eigenvalue weighted by Gasteiger charge is 2.14. The predicted octanol–water partition coefficient (Wildman–Crippen LogP) is 1.78. The molecule has 1 aliphatic carbocycles. The second-order valence-corrected chi connectivity index (χ2v) is 4.33. The molecule has 0 fully saturated rings. The molecule has 1 aliphatic rings. The molecule has 14 heavy (non-hydrogen) atoms. The van der Waals surface area contributed by atoms with Crippen LogP contribution in [0.2, 0.25) is 0 Å². The molecule has 0 spiro atoms. The molecule has 1 heterocycles. The van der Waals surface area contributed by atoms with Crippen molar-refractivity contribution in [2.24, 2.45) is 0 Å². The lowest BCUT2D eigenvalue weighted by atomic mass is 10.1. The lowest BCUT2D eigenvalue weighted by molar-refractivity contribution is 0.223. The van der Waals surface area contributed by atoms with Crippen LogP contribution in [0.1, 0.15) is 17.7 Å². The van der Waals surface area contributed by atoms with Crippen molar-refractivity contribution in [3.8, 4) is 5.88 Å². The van der Waals surface area contributed by atoms with Crippen molar-refractivity contribution < 1.29 is 9.84 Å². The molecule has 1 aromatic rings. The highest BCUT2D eigenvalue weighted by atomic mass is 32.1. The van der Waals surface area contributed by atoms with Gasteiger partial charge in [-0.1, -0.05) is 11.6 Å². The first-order valence-corrected chi connectivity index (χ1v) is 5.42. The summed E-state index contributed by atoms with van der Waals surface area (Å²) >= 11 is 1.46. The maximum absolute atomic E-state index is 9.32. The number of ether oxygens (including phenoxy) is 1. The first kappa shape index (κ1) is 9.68. The SMILES string of the molecule is COc1cc(CC2=CC(O)CC2)sn1. The van der Waals surface area contributed by atoms with E-state index in [4.69, 9.17) is 4.74 Å². The maximum Gasteiger partial charge on any atom is 0.225 e. The van der Waals surface area contributed by atoms with Crippen LogP contribution in [0.25, 0.3) is 0 Å². The van der Waals surface area contributed by atoms with Crippen LogP contribution in [-0.4, -0.2) is 22.7 Å². The summed E-state index contributed by atoms with van der Waals surface area (Å²) in [5, 5.41) is 9.32. The Morgan fingerprint density at radius 1 is 1.71 bits per heavy atom. The Hall–Kier alpha value is -0.870. The molecule has 0 aliphatic heterocycles. The molecule has 0 saturated carbocycles. The minimum atomic E-state index is -0.236. The van der Waals surface area contributed by atoms with E-state index in [1.165, 1.54) is 22.0 Å². The minimum absolute atomic E-state index is 0.236. The van der Waals surface area contributed by atoms with Crippen molar-refractivity contribution in [2.75, 3.05) is 7.11 Å². The number of hydrogen-bond donors (Lipinski definition) is 1. The van der Waals surface area contributed by atoms with Crippen LogP contribution < -0.4 is 4.74 Å². The fourth-order valence-electron chi connectivity index (χ4n) is 1.62. The number of nitrogens with zero attached hydrogens (tertiary/aromatic N) is 1. The smallest absolute Gasteiger partial charge is 0.225 e. The average Bonchev–Trinajstić information content (AvgIpc) is 2.76. The number of aromatic nitrogens is 1. The molecule has 0 aromatic carbocycles. The van der Waals surface area contributed by atoms with Crippen molar-refractivity contribution >= 4 is 11.5 Å². The summed E-state index contributed by atoms with van der Waals surface area (Å²) in [7, 11) is 1.62. The number of rotatable bonds is 3. The Bertz CT molecular complexity index is 346. The van der Waals surface area contributed by atoms with Crippen LogP contribution >= 0.6 is 11.5 Å². The Morgan fingerprint density at radius 3 is 3.14 bits per heavy atom. The van der Waals surface area contributed by atoms with Crippen molar-refractivity contribution in [3.63, 3.8) is 0 Å². The molecule has 1 N–H and O–H groups in total. The molecule has 0 radical (unpaired) electrons. The normalized spacial score (nSPS) is 21.0. The topological polar surface area (TPSA) is 42.4 Å². The van der Waals surface area contributed by atoms with Crippen molar-refractivity contribution in [2.45, 2.75) is 25.4 Å². The Morgan fingerprint density at radius 2 is 2.57 bits per heavy atom. The molecule has 2 rings (SSSR count). The Balaban J connectivity index is 2.00. The molecular formula is C10H13NO2S. The number of allylic oxidation sites excluding steroid dienone is 1. The quantitative estimate of drug-likeness (QED) is 0.775. The summed E-state index contributed by atoms with van der Waals surface area (Å²) in [6, 6.07) is 1.95. The predicted molar refractivity (Wildman–Crippen MR) is 55.7 cm³/mol. The van der Waals surface area contributed by atoms with Crippen LogP contribution in [-0.2, 0) is 6.42 Å². The highest BCUT2D eigenvalue weighted by molar-refractivity contribution is 7.05. The lowest BCUT2D eigenvalue weighted by Crippen LogP contribution is -1.93. The zero-order chi connectivity index (χ0) is 9.97. The van der Waals surface area contributed by atoms with Crippen LogP contribution in [0, 0.1) is 0 Å². The largest absolute Gasteiger partial charge is 0.480 e. The van der Waals surface area contributed by atoms with E-state index in [1.54, 1.807) is 7.11 Å². The van der Waals surface area contributed by atoms with E-state index in [-0.39, 0.29) is 6.10 Å². The fraction of sp³-hybridized carbons (Fsp3) is 0.500.